The molecular weight excluding hydrogens is 292 g/mol. The number of amides is 1. The van der Waals surface area contributed by atoms with Crippen molar-refractivity contribution in [2.75, 3.05) is 33.8 Å². The average Bonchev–Trinajstić information content (AvgIpc) is 2.62. The van der Waals surface area contributed by atoms with E-state index in [4.69, 9.17) is 4.74 Å². The summed E-state index contributed by atoms with van der Waals surface area (Å²) in [6.45, 7) is 2.11. The van der Waals surface area contributed by atoms with Crippen molar-refractivity contribution in [3.63, 3.8) is 0 Å². The van der Waals surface area contributed by atoms with Crippen LogP contribution in [0.3, 0.4) is 0 Å². The Kier molecular flexibility index (Phi) is 4.52. The molecule has 2 aromatic rings. The van der Waals surface area contributed by atoms with Gasteiger partial charge in [0.25, 0.3) is 5.91 Å². The number of methoxy groups -OCH3 is 1. The van der Waals surface area contributed by atoms with Crippen LogP contribution in [-0.4, -0.2) is 59.5 Å². The molecule has 1 fully saturated rings. The maximum atomic E-state index is 12.6. The first kappa shape index (κ1) is 15.4. The molecule has 0 N–H and O–H groups in total. The second-order valence-electron chi connectivity index (χ2n) is 5.62. The van der Waals surface area contributed by atoms with E-state index < -0.39 is 0 Å². The minimum absolute atomic E-state index is 0.0291. The molecule has 6 nitrogen and oxygen atoms in total. The van der Waals surface area contributed by atoms with Gasteiger partial charge in [-0.2, -0.15) is 0 Å². The molecule has 1 aliphatic rings. The molecule has 1 aromatic carbocycles. The largest absolute Gasteiger partial charge is 0.496 e. The molecule has 2 heterocycles. The quantitative estimate of drug-likeness (QED) is 0.862. The van der Waals surface area contributed by atoms with Crippen molar-refractivity contribution < 1.29 is 9.53 Å². The van der Waals surface area contributed by atoms with E-state index in [1.807, 2.05) is 23.1 Å². The minimum Gasteiger partial charge on any atom is -0.496 e. The van der Waals surface area contributed by atoms with Gasteiger partial charge in [-0.05, 0) is 13.1 Å². The summed E-state index contributed by atoms with van der Waals surface area (Å²) in [4.78, 5) is 24.6. The molecule has 0 spiro atoms. The van der Waals surface area contributed by atoms with Crippen molar-refractivity contribution in [2.24, 2.45) is 0 Å². The second-order valence-corrected chi connectivity index (χ2v) is 5.62. The molecule has 0 bridgehead atoms. The van der Waals surface area contributed by atoms with Gasteiger partial charge in [-0.3, -0.25) is 9.69 Å². The van der Waals surface area contributed by atoms with Gasteiger partial charge >= 0.3 is 0 Å². The van der Waals surface area contributed by atoms with Crippen molar-refractivity contribution in [3.8, 4) is 5.75 Å². The lowest BCUT2D eigenvalue weighted by Crippen LogP contribution is -2.49. The average molecular weight is 312 g/mol. The van der Waals surface area contributed by atoms with Crippen LogP contribution in [0, 0.1) is 0 Å². The molecule has 23 heavy (non-hydrogen) atoms. The van der Waals surface area contributed by atoms with E-state index in [9.17, 15) is 4.79 Å². The Balaban J connectivity index is 1.83. The maximum absolute atomic E-state index is 12.6. The van der Waals surface area contributed by atoms with Crippen LogP contribution in [0.4, 0.5) is 0 Å². The van der Waals surface area contributed by atoms with Crippen LogP contribution in [0.1, 0.15) is 22.0 Å². The van der Waals surface area contributed by atoms with Crippen molar-refractivity contribution in [2.45, 2.75) is 6.04 Å². The lowest BCUT2D eigenvalue weighted by Gasteiger charge is -2.40. The Morgan fingerprint density at radius 1 is 1.22 bits per heavy atom. The molecule has 1 saturated heterocycles. The highest BCUT2D eigenvalue weighted by Gasteiger charge is 2.30. The van der Waals surface area contributed by atoms with Crippen LogP contribution >= 0.6 is 0 Å². The number of hydrogen-bond donors (Lipinski definition) is 0. The first-order chi connectivity index (χ1) is 11.2. The van der Waals surface area contributed by atoms with E-state index in [0.29, 0.717) is 18.7 Å². The fourth-order valence-corrected chi connectivity index (χ4v) is 2.93. The number of para-hydroxylation sites is 1. The first-order valence-corrected chi connectivity index (χ1v) is 7.58. The van der Waals surface area contributed by atoms with Crippen LogP contribution in [0.15, 0.2) is 43.0 Å². The molecule has 0 radical (unpaired) electrons. The number of aromatic nitrogens is 2. The molecule has 1 atom stereocenters. The predicted molar refractivity (Wildman–Crippen MR) is 86.3 cm³/mol. The van der Waals surface area contributed by atoms with Crippen LogP contribution < -0.4 is 4.74 Å². The number of carbonyl (C=O) groups excluding carboxylic acids is 1. The van der Waals surface area contributed by atoms with Gasteiger partial charge in [-0.15, -0.1) is 0 Å². The zero-order valence-corrected chi connectivity index (χ0v) is 13.3. The third kappa shape index (κ3) is 3.17. The molecule has 1 aliphatic heterocycles. The lowest BCUT2D eigenvalue weighted by molar-refractivity contribution is 0.0541. The Hall–Kier alpha value is -2.47. The maximum Gasteiger partial charge on any atom is 0.257 e. The Bertz CT molecular complexity index is 677. The number of rotatable bonds is 3. The summed E-state index contributed by atoms with van der Waals surface area (Å²) in [5, 5.41) is 0. The van der Waals surface area contributed by atoms with Gasteiger partial charge in [0, 0.05) is 37.6 Å². The topological polar surface area (TPSA) is 58.6 Å². The summed E-state index contributed by atoms with van der Waals surface area (Å²) in [6, 6.07) is 8.06. The number of hydrogen-bond acceptors (Lipinski definition) is 5. The third-order valence-corrected chi connectivity index (χ3v) is 4.24. The van der Waals surface area contributed by atoms with E-state index in [1.54, 1.807) is 19.5 Å². The predicted octanol–water partition coefficient (Wildman–Crippen LogP) is 1.61. The lowest BCUT2D eigenvalue weighted by atomic mass is 10.0. The molecule has 3 rings (SSSR count). The van der Waals surface area contributed by atoms with Gasteiger partial charge in [-0.25, -0.2) is 9.97 Å². The summed E-state index contributed by atoms with van der Waals surface area (Å²) in [5.41, 5.74) is 1.62. The van der Waals surface area contributed by atoms with Crippen molar-refractivity contribution in [1.82, 2.24) is 19.8 Å². The van der Waals surface area contributed by atoms with E-state index in [1.165, 1.54) is 6.33 Å². The van der Waals surface area contributed by atoms with Crippen LogP contribution in [0.25, 0.3) is 0 Å². The van der Waals surface area contributed by atoms with Gasteiger partial charge in [0.15, 0.2) is 0 Å². The number of likely N-dealkylation sites (N-methyl/N-ethyl adjacent to an activating group) is 1. The summed E-state index contributed by atoms with van der Waals surface area (Å²) >= 11 is 0. The summed E-state index contributed by atoms with van der Waals surface area (Å²) in [6.07, 6.45) is 4.55. The molecule has 1 aromatic heterocycles. The number of ether oxygens (including phenoxy) is 1. The monoisotopic (exact) mass is 312 g/mol. The molecule has 6 heteroatoms. The summed E-state index contributed by atoms with van der Waals surface area (Å²) in [5.74, 6) is 0.820. The van der Waals surface area contributed by atoms with Crippen LogP contribution in [0.2, 0.25) is 0 Å². The SMILES string of the molecule is COc1ccccc1[C@@H]1CN(C(=O)c2cncnc2)CCN1C. The molecular formula is C17H20N4O2. The molecule has 0 saturated carbocycles. The Labute approximate surface area is 135 Å². The fraction of sp³-hybridized carbons (Fsp3) is 0.353. The van der Waals surface area contributed by atoms with Gasteiger partial charge < -0.3 is 9.64 Å². The van der Waals surface area contributed by atoms with Crippen molar-refractivity contribution >= 4 is 5.91 Å². The number of nitrogens with zero attached hydrogens (tertiary/aromatic N) is 4. The summed E-state index contributed by atoms with van der Waals surface area (Å²) < 4.78 is 5.48. The normalized spacial score (nSPS) is 18.7. The number of carbonyl (C=O) groups is 1. The van der Waals surface area contributed by atoms with Gasteiger partial charge in [0.1, 0.15) is 12.1 Å². The fourth-order valence-electron chi connectivity index (χ4n) is 2.93. The molecule has 0 unspecified atom stereocenters. The highest BCUT2D eigenvalue weighted by Crippen LogP contribution is 2.31. The van der Waals surface area contributed by atoms with E-state index in [-0.39, 0.29) is 11.9 Å². The van der Waals surface area contributed by atoms with E-state index >= 15 is 0 Å². The first-order valence-electron chi connectivity index (χ1n) is 7.58. The Morgan fingerprint density at radius 2 is 1.96 bits per heavy atom. The number of piperazine rings is 1. The minimum atomic E-state index is -0.0291. The standard InChI is InChI=1S/C17H20N4O2/c1-20-7-8-21(17(22)13-9-18-12-19-10-13)11-15(20)14-5-3-4-6-16(14)23-2/h3-6,9-10,12,15H,7-8,11H2,1-2H3/t15-/m0/s1. The molecule has 0 aliphatic carbocycles. The Morgan fingerprint density at radius 3 is 2.70 bits per heavy atom. The highest BCUT2D eigenvalue weighted by atomic mass is 16.5. The highest BCUT2D eigenvalue weighted by molar-refractivity contribution is 5.93. The smallest absolute Gasteiger partial charge is 0.257 e. The molecule has 1 amide bonds. The third-order valence-electron chi connectivity index (χ3n) is 4.24. The van der Waals surface area contributed by atoms with E-state index in [2.05, 4.69) is 28.0 Å². The van der Waals surface area contributed by atoms with Crippen molar-refractivity contribution in [3.05, 3.63) is 54.1 Å². The van der Waals surface area contributed by atoms with E-state index in [0.717, 1.165) is 17.9 Å². The van der Waals surface area contributed by atoms with Gasteiger partial charge in [0.05, 0.1) is 18.7 Å². The summed E-state index contributed by atoms with van der Waals surface area (Å²) in [7, 11) is 3.75. The van der Waals surface area contributed by atoms with Gasteiger partial charge in [-0.1, -0.05) is 18.2 Å². The zero-order chi connectivity index (χ0) is 16.2. The molecule has 120 valence electrons. The van der Waals surface area contributed by atoms with Crippen LogP contribution in [0.5, 0.6) is 5.75 Å². The number of benzene rings is 1. The zero-order valence-electron chi connectivity index (χ0n) is 13.3. The van der Waals surface area contributed by atoms with Crippen LogP contribution in [-0.2, 0) is 0 Å². The van der Waals surface area contributed by atoms with Crippen molar-refractivity contribution in [1.29, 1.82) is 0 Å². The second kappa shape index (κ2) is 6.75. The van der Waals surface area contributed by atoms with Gasteiger partial charge in [0.2, 0.25) is 0 Å².